The number of hydrogen-bond acceptors (Lipinski definition) is 6. The fourth-order valence-corrected chi connectivity index (χ4v) is 3.12. The van der Waals surface area contributed by atoms with Gasteiger partial charge in [-0.1, -0.05) is 15.9 Å². The van der Waals surface area contributed by atoms with Crippen molar-refractivity contribution in [2.24, 2.45) is 5.10 Å². The first-order valence-corrected chi connectivity index (χ1v) is 8.75. The Morgan fingerprint density at radius 1 is 1.31 bits per heavy atom. The first-order valence-electron chi connectivity index (χ1n) is 7.16. The minimum Gasteiger partial charge on any atom is -0.506 e. The van der Waals surface area contributed by atoms with Gasteiger partial charge in [0.2, 0.25) is 0 Å². The number of non-ortho nitro benzene ring substituents is 1. The molecule has 0 aliphatic heterocycles. The van der Waals surface area contributed by atoms with E-state index in [9.17, 15) is 20.0 Å². The molecule has 0 bridgehead atoms. The Kier molecular flexibility index (Phi) is 6.70. The second-order valence-corrected chi connectivity index (χ2v) is 6.83. The average Bonchev–Trinajstić information content (AvgIpc) is 2.61. The van der Waals surface area contributed by atoms with Gasteiger partial charge in [-0.05, 0) is 47.1 Å². The van der Waals surface area contributed by atoms with Crippen LogP contribution < -0.4 is 10.2 Å². The third kappa shape index (κ3) is 5.27. The normalized spacial score (nSPS) is 11.1. The smallest absolute Gasteiger partial charge is 0.277 e. The van der Waals surface area contributed by atoms with Crippen LogP contribution in [-0.2, 0) is 4.79 Å². The molecule has 0 atom stereocenters. The Morgan fingerprint density at radius 3 is 2.58 bits per heavy atom. The van der Waals surface area contributed by atoms with Crippen molar-refractivity contribution in [2.45, 2.75) is 6.92 Å². The van der Waals surface area contributed by atoms with Crippen LogP contribution in [0.1, 0.15) is 12.5 Å². The maximum Gasteiger partial charge on any atom is 0.277 e. The molecule has 2 aromatic rings. The number of nitro groups is 1. The summed E-state index contributed by atoms with van der Waals surface area (Å²) < 4.78 is 6.46. The molecule has 8 nitrogen and oxygen atoms in total. The fourth-order valence-electron chi connectivity index (χ4n) is 1.89. The summed E-state index contributed by atoms with van der Waals surface area (Å²) in [6, 6.07) is 8.71. The highest BCUT2D eigenvalue weighted by Gasteiger charge is 2.11. The van der Waals surface area contributed by atoms with Crippen molar-refractivity contribution in [3.63, 3.8) is 0 Å². The van der Waals surface area contributed by atoms with Crippen molar-refractivity contribution in [2.75, 3.05) is 6.61 Å². The van der Waals surface area contributed by atoms with Crippen LogP contribution >= 0.6 is 31.9 Å². The third-order valence-corrected chi connectivity index (χ3v) is 4.25. The molecule has 0 radical (unpaired) electrons. The summed E-state index contributed by atoms with van der Waals surface area (Å²) in [6.45, 7) is 1.31. The lowest BCUT2D eigenvalue weighted by atomic mass is 10.1. The number of benzene rings is 2. The van der Waals surface area contributed by atoms with Crippen LogP contribution in [0.25, 0.3) is 0 Å². The molecule has 0 saturated heterocycles. The Morgan fingerprint density at radius 2 is 1.96 bits per heavy atom. The number of nitrogens with zero attached hydrogens (tertiary/aromatic N) is 2. The number of phenols is 1. The van der Waals surface area contributed by atoms with Crippen LogP contribution in [0, 0.1) is 10.1 Å². The number of carbonyl (C=O) groups excluding carboxylic acids is 1. The number of aromatic hydroxyl groups is 1. The van der Waals surface area contributed by atoms with Crippen LogP contribution in [0.5, 0.6) is 11.5 Å². The van der Waals surface area contributed by atoms with Gasteiger partial charge in [0.25, 0.3) is 11.6 Å². The molecular formula is C16H13Br2N3O5. The molecule has 0 aliphatic carbocycles. The second-order valence-electron chi connectivity index (χ2n) is 5.06. The number of nitro benzene ring substituents is 1. The molecule has 2 N–H and O–H groups in total. The molecule has 0 aliphatic rings. The minimum absolute atomic E-state index is 0.00540. The predicted octanol–water partition coefficient (Wildman–Crippen LogP) is 3.74. The van der Waals surface area contributed by atoms with E-state index in [0.717, 1.165) is 4.47 Å². The number of ether oxygens (including phenoxy) is 1. The lowest BCUT2D eigenvalue weighted by Gasteiger charge is -2.08. The minimum atomic E-state index is -0.524. The predicted molar refractivity (Wildman–Crippen MR) is 102 cm³/mol. The van der Waals surface area contributed by atoms with E-state index in [1.165, 1.54) is 24.3 Å². The first kappa shape index (κ1) is 19.9. The van der Waals surface area contributed by atoms with E-state index in [1.54, 1.807) is 19.1 Å². The molecule has 0 heterocycles. The summed E-state index contributed by atoms with van der Waals surface area (Å²) in [5, 5.41) is 24.5. The highest BCUT2D eigenvalue weighted by Crippen LogP contribution is 2.32. The number of nitrogens with one attached hydrogen (secondary N) is 1. The zero-order valence-corrected chi connectivity index (χ0v) is 16.6. The highest BCUT2D eigenvalue weighted by atomic mass is 79.9. The van der Waals surface area contributed by atoms with Gasteiger partial charge < -0.3 is 9.84 Å². The van der Waals surface area contributed by atoms with Gasteiger partial charge in [0.1, 0.15) is 11.5 Å². The Hall–Kier alpha value is -2.46. The Balaban J connectivity index is 1.95. The summed E-state index contributed by atoms with van der Waals surface area (Å²) in [7, 11) is 0. The number of rotatable bonds is 6. The molecule has 26 heavy (non-hydrogen) atoms. The number of halogens is 2. The molecule has 0 saturated carbocycles. The van der Waals surface area contributed by atoms with Crippen molar-refractivity contribution in [3.05, 3.63) is 61.0 Å². The first-order chi connectivity index (χ1) is 12.3. The van der Waals surface area contributed by atoms with Gasteiger partial charge >= 0.3 is 0 Å². The molecule has 0 spiro atoms. The lowest BCUT2D eigenvalue weighted by molar-refractivity contribution is -0.384. The van der Waals surface area contributed by atoms with E-state index in [4.69, 9.17) is 4.74 Å². The molecule has 1 amide bonds. The molecule has 0 unspecified atom stereocenters. The van der Waals surface area contributed by atoms with Crippen LogP contribution in [0.2, 0.25) is 0 Å². The van der Waals surface area contributed by atoms with Crippen molar-refractivity contribution >= 4 is 49.2 Å². The van der Waals surface area contributed by atoms with E-state index in [1.807, 2.05) is 0 Å². The molecule has 0 aromatic heterocycles. The van der Waals surface area contributed by atoms with Gasteiger partial charge in [-0.3, -0.25) is 14.9 Å². The van der Waals surface area contributed by atoms with Crippen molar-refractivity contribution in [1.82, 2.24) is 5.43 Å². The second kappa shape index (κ2) is 8.77. The standard InChI is InChI=1S/C16H13Br2N3O5/c1-9(13-6-10(17)7-14(18)16(13)23)19-20-15(22)8-26-12-4-2-11(3-5-12)21(24)25/h2-7,23H,8H2,1H3,(H,20,22)/b19-9+. The lowest BCUT2D eigenvalue weighted by Crippen LogP contribution is -2.25. The van der Waals surface area contributed by atoms with E-state index in [2.05, 4.69) is 42.4 Å². The Bertz CT molecular complexity index is 869. The van der Waals surface area contributed by atoms with E-state index >= 15 is 0 Å². The van der Waals surface area contributed by atoms with Gasteiger partial charge in [0.15, 0.2) is 6.61 Å². The van der Waals surface area contributed by atoms with Gasteiger partial charge in [0, 0.05) is 22.2 Å². The summed E-state index contributed by atoms with van der Waals surface area (Å²) in [4.78, 5) is 21.9. The van der Waals surface area contributed by atoms with Gasteiger partial charge in [0.05, 0.1) is 15.1 Å². The summed E-state index contributed by atoms with van der Waals surface area (Å²) in [6.07, 6.45) is 0. The largest absolute Gasteiger partial charge is 0.506 e. The maximum absolute atomic E-state index is 11.8. The molecular weight excluding hydrogens is 474 g/mol. The zero-order chi connectivity index (χ0) is 19.3. The third-order valence-electron chi connectivity index (χ3n) is 3.18. The van der Waals surface area contributed by atoms with Gasteiger partial charge in [-0.25, -0.2) is 5.43 Å². The zero-order valence-electron chi connectivity index (χ0n) is 13.4. The Labute approximate surface area is 165 Å². The highest BCUT2D eigenvalue weighted by molar-refractivity contribution is 9.11. The number of carbonyl (C=O) groups is 1. The monoisotopic (exact) mass is 485 g/mol. The van der Waals surface area contributed by atoms with Crippen LogP contribution in [-0.4, -0.2) is 28.3 Å². The summed E-state index contributed by atoms with van der Waals surface area (Å²) >= 11 is 6.54. The van der Waals surface area contributed by atoms with Crippen molar-refractivity contribution < 1.29 is 19.6 Å². The topological polar surface area (TPSA) is 114 Å². The van der Waals surface area contributed by atoms with Crippen LogP contribution in [0.3, 0.4) is 0 Å². The van der Waals surface area contributed by atoms with E-state index < -0.39 is 10.8 Å². The molecule has 10 heteroatoms. The average molecular weight is 487 g/mol. The molecule has 136 valence electrons. The molecule has 2 aromatic carbocycles. The number of hydrazone groups is 1. The van der Waals surface area contributed by atoms with Crippen molar-refractivity contribution in [3.8, 4) is 11.5 Å². The summed E-state index contributed by atoms with van der Waals surface area (Å²) in [5.74, 6) is -0.192. The number of hydrogen-bond donors (Lipinski definition) is 2. The van der Waals surface area contributed by atoms with Crippen LogP contribution in [0.15, 0.2) is 50.4 Å². The van der Waals surface area contributed by atoms with Gasteiger partial charge in [-0.2, -0.15) is 5.10 Å². The van der Waals surface area contributed by atoms with Crippen molar-refractivity contribution in [1.29, 1.82) is 0 Å². The van der Waals surface area contributed by atoms with Gasteiger partial charge in [-0.15, -0.1) is 0 Å². The number of amides is 1. The number of phenolic OH excluding ortho intramolecular Hbond substituents is 1. The summed E-state index contributed by atoms with van der Waals surface area (Å²) in [5.41, 5.74) is 3.10. The van der Waals surface area contributed by atoms with E-state index in [-0.39, 0.29) is 18.0 Å². The molecule has 0 fully saturated rings. The SMILES string of the molecule is C/C(=N\NC(=O)COc1ccc([N+](=O)[O-])cc1)c1cc(Br)cc(Br)c1O. The van der Waals surface area contributed by atoms with Crippen LogP contribution in [0.4, 0.5) is 5.69 Å². The fraction of sp³-hybridized carbons (Fsp3) is 0.125. The maximum atomic E-state index is 11.8. The molecule has 2 rings (SSSR count). The quantitative estimate of drug-likeness (QED) is 0.366. The van der Waals surface area contributed by atoms with E-state index in [0.29, 0.717) is 21.5 Å².